The topological polar surface area (TPSA) is 390 Å². The number of halogens is 6. The molecule has 3 N–H and O–H groups in total. The number of nitrogens with one attached hydrogen (secondary N) is 3. The van der Waals surface area contributed by atoms with Crippen molar-refractivity contribution in [2.24, 2.45) is 7.05 Å². The van der Waals surface area contributed by atoms with Gasteiger partial charge in [0.2, 0.25) is 17.2 Å². The fourth-order valence-corrected chi connectivity index (χ4v) is 16.3. The molecule has 0 bridgehead atoms. The van der Waals surface area contributed by atoms with Crippen LogP contribution in [-0.2, 0) is 23.1 Å². The van der Waals surface area contributed by atoms with Gasteiger partial charge in [-0.25, -0.2) is 54.4 Å². The number of fused-ring (bicyclic) bond motifs is 9. The number of methoxy groups -OCH3 is 2. The molecule has 0 spiro atoms. The lowest BCUT2D eigenvalue weighted by molar-refractivity contribution is 0.101. The molecule has 10 heterocycles. The second-order valence-corrected chi connectivity index (χ2v) is 33.4. The molecule has 4 aliphatic rings. The number of ether oxygens (including phenoxy) is 14. The number of hydrogen-bond acceptors (Lipinski definition) is 27. The number of aryl methyl sites for hydroxylation is 2. The Balaban J connectivity index is 0.000000150. The Bertz CT molecular complexity index is 7900. The SMILES string of the molecule is CCn1cc(C(=O)Nc2ccc(Oc3ccnc4cc(OCCCN5CCCCC5)c5c(c34)OCCO5)c(F)c2)c(=O)n(-c2ccc(F)cc2)c1=O.COCCOc1cc2nccc(Oc3ccc(NC(=O)c4cn(C(C)C)c(=O)n(-c5ccc(F)cc5)c4=O)cc3F)c2c2c1OCCO2.COCCOc1cc2nccc(Oc3ccc(NC(=O)c4cn(C)c(=O)n(-c5ccc(F)cc5)c4=O)cc3F)c2c2c1OCCO2. The predicted octanol–water partition coefficient (Wildman–Crippen LogP) is 15.4. The van der Waals surface area contributed by atoms with Gasteiger partial charge in [-0.3, -0.25) is 52.9 Å². The molecule has 0 radical (unpaired) electrons. The number of piperidine rings is 1. The Labute approximate surface area is 824 Å². The maximum atomic E-state index is 15.6. The quantitative estimate of drug-likeness (QED) is 0.0278. The van der Waals surface area contributed by atoms with Crippen LogP contribution in [0.5, 0.6) is 86.2 Å². The van der Waals surface area contributed by atoms with Crippen molar-refractivity contribution in [3.63, 3.8) is 0 Å². The number of pyridine rings is 3. The summed E-state index contributed by atoms with van der Waals surface area (Å²) in [5.41, 5.74) is -4.30. The first kappa shape index (κ1) is 100. The number of likely N-dealkylation sites (tertiary alicyclic amines) is 1. The number of nitrogens with zero attached hydrogens (tertiary/aromatic N) is 10. The van der Waals surface area contributed by atoms with Gasteiger partial charge in [-0.1, -0.05) is 6.42 Å². The third-order valence-corrected chi connectivity index (χ3v) is 23.4. The van der Waals surface area contributed by atoms with Gasteiger partial charge in [-0.2, -0.15) is 0 Å². The molecule has 1 fully saturated rings. The fraction of sp³-hybridized carbons (Fsp3) is 0.250. The largest absolute Gasteiger partial charge is 0.489 e. The molecule has 146 heavy (non-hydrogen) atoms. The monoisotopic (exact) mass is 2010 g/mol. The van der Waals surface area contributed by atoms with Crippen LogP contribution in [0.1, 0.15) is 83.6 Å². The van der Waals surface area contributed by atoms with Gasteiger partial charge in [0.05, 0.1) is 69.6 Å². The minimum Gasteiger partial charge on any atom is -0.489 e. The Morgan fingerprint density at radius 2 is 0.726 bits per heavy atom. The summed E-state index contributed by atoms with van der Waals surface area (Å²) < 4.78 is 174. The van der Waals surface area contributed by atoms with Crippen LogP contribution in [0.2, 0.25) is 0 Å². The van der Waals surface area contributed by atoms with Crippen LogP contribution in [-0.4, -0.2) is 172 Å². The van der Waals surface area contributed by atoms with E-state index in [1.54, 1.807) is 71.4 Å². The fourth-order valence-electron chi connectivity index (χ4n) is 16.3. The van der Waals surface area contributed by atoms with E-state index in [1.165, 1.54) is 127 Å². The smallest absolute Gasteiger partial charge is 0.335 e. The van der Waals surface area contributed by atoms with E-state index in [0.29, 0.717) is 131 Å². The van der Waals surface area contributed by atoms with Crippen LogP contribution < -0.4 is 107 Å². The van der Waals surface area contributed by atoms with Gasteiger partial charge in [-0.05, 0) is 181 Å². The summed E-state index contributed by atoms with van der Waals surface area (Å²) in [6.45, 7) is 11.9. The summed E-state index contributed by atoms with van der Waals surface area (Å²) in [7, 11) is 4.48. The Morgan fingerprint density at radius 1 is 0.384 bits per heavy atom. The molecule has 19 rings (SSSR count). The summed E-state index contributed by atoms with van der Waals surface area (Å²) in [6, 6.07) is 34.7. The zero-order valence-corrected chi connectivity index (χ0v) is 79.2. The Morgan fingerprint density at radius 3 is 1.08 bits per heavy atom. The third kappa shape index (κ3) is 22.0. The van der Waals surface area contributed by atoms with Crippen LogP contribution in [0, 0.1) is 34.9 Å². The van der Waals surface area contributed by atoms with Crippen LogP contribution in [0.25, 0.3) is 49.8 Å². The number of carbonyl (C=O) groups excluding carboxylic acids is 3. The summed E-state index contributed by atoms with van der Waals surface area (Å²) in [4.78, 5) is 134. The minimum atomic E-state index is -0.931. The minimum absolute atomic E-state index is 0.0167. The lowest BCUT2D eigenvalue weighted by Crippen LogP contribution is -2.42. The van der Waals surface area contributed by atoms with Crippen molar-refractivity contribution in [1.29, 1.82) is 0 Å². The van der Waals surface area contributed by atoms with Gasteiger partial charge in [0.25, 0.3) is 34.4 Å². The van der Waals surface area contributed by atoms with E-state index in [2.05, 4.69) is 35.8 Å². The van der Waals surface area contributed by atoms with Crippen molar-refractivity contribution >= 4 is 67.5 Å². The number of anilines is 3. The van der Waals surface area contributed by atoms with Gasteiger partial charge in [0.1, 0.15) is 104 Å². The number of benzene rings is 9. The molecule has 754 valence electrons. The van der Waals surface area contributed by atoms with Crippen molar-refractivity contribution in [2.75, 3.05) is 122 Å². The molecular formula is C104H93F6N13O23. The zero-order chi connectivity index (χ0) is 103. The summed E-state index contributed by atoms with van der Waals surface area (Å²) in [5, 5.41) is 8.87. The number of carbonyl (C=O) groups is 3. The van der Waals surface area contributed by atoms with Crippen molar-refractivity contribution in [3.8, 4) is 103 Å². The van der Waals surface area contributed by atoms with Crippen LogP contribution >= 0.6 is 0 Å². The first-order valence-corrected chi connectivity index (χ1v) is 46.2. The second-order valence-electron chi connectivity index (χ2n) is 33.4. The van der Waals surface area contributed by atoms with Crippen molar-refractivity contribution in [1.82, 2.24) is 47.3 Å². The zero-order valence-electron chi connectivity index (χ0n) is 79.2. The van der Waals surface area contributed by atoms with Gasteiger partial charge in [0, 0.05) is 131 Å². The van der Waals surface area contributed by atoms with Gasteiger partial charge >= 0.3 is 17.1 Å². The highest BCUT2D eigenvalue weighted by molar-refractivity contribution is 6.06. The molecule has 1 saturated heterocycles. The number of hydrogen-bond donors (Lipinski definition) is 3. The van der Waals surface area contributed by atoms with E-state index in [9.17, 15) is 56.3 Å². The van der Waals surface area contributed by atoms with Crippen LogP contribution in [0.4, 0.5) is 43.4 Å². The van der Waals surface area contributed by atoms with E-state index in [0.717, 1.165) is 118 Å². The highest BCUT2D eigenvalue weighted by Crippen LogP contribution is 2.52. The first-order valence-electron chi connectivity index (χ1n) is 46.2. The molecule has 36 nitrogen and oxygen atoms in total. The molecule has 0 saturated carbocycles. The second kappa shape index (κ2) is 44.9. The molecule has 6 aromatic heterocycles. The van der Waals surface area contributed by atoms with E-state index >= 15 is 13.2 Å². The average molecular weight is 2010 g/mol. The molecule has 0 unspecified atom stereocenters. The van der Waals surface area contributed by atoms with E-state index in [-0.39, 0.29) is 113 Å². The molecule has 3 amide bonds. The number of aromatic nitrogens is 9. The summed E-state index contributed by atoms with van der Waals surface area (Å²) >= 11 is 0. The standard InChI is InChI=1S/C38H37F2N5O7.C34H30F2N4O8.C32H26F2N4O8/c1-2-44-23-27(37(47)45(38(44)48)26-10-7-24(39)8-11-26)36(46)42-25-9-12-30(28(40)21-25)52-31-13-14-41-29-22-32(34-35(33(29)31)51-20-19-50-34)49-18-6-17-43-15-4-3-5-16-43;1-19(2)39-18-23(33(42)40(34(39)43)22-7-4-20(35)5-8-22)32(41)38-21-6-9-26(24(36)16-21)48-27-10-11-37-25-17-28(45-13-12-44-3)30-31(29(25)27)47-15-14-46-30;1-37-17-21(31(40)38(32(37)41)20-6-3-18(33)4-7-20)30(39)36-19-5-8-24(22(34)15-19)46-25-9-10-35-23-16-26(43-12-11-42-2)28-29(27(23)25)45-14-13-44-28/h7-14,21-23H,2-6,15-20H2,1H3,(H,42,46);4-11,16-19H,12-15H2,1-3H3,(H,38,41);3-10,15-17H,11-14H2,1-2H3,(H,36,39). The molecule has 9 aromatic carbocycles. The predicted molar refractivity (Wildman–Crippen MR) is 522 cm³/mol. The lowest BCUT2D eigenvalue weighted by atomic mass is 10.1. The van der Waals surface area contributed by atoms with Crippen molar-refractivity contribution < 1.29 is 107 Å². The summed E-state index contributed by atoms with van der Waals surface area (Å²) in [5.74, 6) is -2.94. The highest BCUT2D eigenvalue weighted by atomic mass is 19.1. The average Bonchev–Trinajstić information content (AvgIpc) is 0.776. The number of amides is 3. The molecular weight excluding hydrogens is 1910 g/mol. The van der Waals surface area contributed by atoms with E-state index < -0.39 is 98.0 Å². The molecule has 15 aromatic rings. The third-order valence-electron chi connectivity index (χ3n) is 23.4. The van der Waals surface area contributed by atoms with E-state index in [4.69, 9.17) is 66.3 Å². The molecule has 0 aliphatic carbocycles. The van der Waals surface area contributed by atoms with Crippen molar-refractivity contribution in [3.05, 3.63) is 315 Å². The molecule has 42 heteroatoms. The Hall–Kier alpha value is -17.3. The van der Waals surface area contributed by atoms with Crippen LogP contribution in [0.3, 0.4) is 0 Å². The van der Waals surface area contributed by atoms with Gasteiger partial charge in [-0.15, -0.1) is 0 Å². The maximum absolute atomic E-state index is 15.6. The molecule has 0 atom stereocenters. The Kier molecular flexibility index (Phi) is 30.8. The summed E-state index contributed by atoms with van der Waals surface area (Å²) in [6.07, 6.45) is 12.5. The number of rotatable bonds is 30. The highest BCUT2D eigenvalue weighted by Gasteiger charge is 2.32. The van der Waals surface area contributed by atoms with Gasteiger partial charge < -0.3 is 91.7 Å². The van der Waals surface area contributed by atoms with Gasteiger partial charge in [0.15, 0.2) is 69.2 Å². The molecule has 4 aliphatic heterocycles. The van der Waals surface area contributed by atoms with Crippen molar-refractivity contribution in [2.45, 2.75) is 59.0 Å². The first-order chi connectivity index (χ1) is 70.7. The lowest BCUT2D eigenvalue weighted by Gasteiger charge is -2.26. The normalized spacial score (nSPS) is 13.0. The maximum Gasteiger partial charge on any atom is 0.335 e. The van der Waals surface area contributed by atoms with Crippen LogP contribution in [0.15, 0.2) is 230 Å². The van der Waals surface area contributed by atoms with E-state index in [1.807, 2.05) is 0 Å².